The van der Waals surface area contributed by atoms with Crippen molar-refractivity contribution in [2.45, 2.75) is 32.7 Å². The molecular formula is C16H18N2O4. The number of carboxylic acid groups (broad SMARTS) is 1. The van der Waals surface area contributed by atoms with E-state index in [2.05, 4.69) is 10.5 Å². The Balaban J connectivity index is 1.98. The maximum atomic E-state index is 12.0. The number of aromatic carboxylic acids is 1. The van der Waals surface area contributed by atoms with Gasteiger partial charge in [-0.25, -0.2) is 4.79 Å². The Labute approximate surface area is 128 Å². The normalized spacial score (nSPS) is 11.2. The molecule has 1 aromatic carbocycles. The first kappa shape index (κ1) is 15.8. The summed E-state index contributed by atoms with van der Waals surface area (Å²) in [5.41, 5.74) is 1.03. The van der Waals surface area contributed by atoms with Crippen LogP contribution in [0.25, 0.3) is 0 Å². The van der Waals surface area contributed by atoms with E-state index in [0.717, 1.165) is 5.56 Å². The van der Waals surface area contributed by atoms with Crippen LogP contribution in [0.5, 0.6) is 0 Å². The quantitative estimate of drug-likeness (QED) is 0.905. The topological polar surface area (TPSA) is 92.4 Å². The van der Waals surface area contributed by atoms with Crippen LogP contribution in [-0.4, -0.2) is 22.1 Å². The van der Waals surface area contributed by atoms with Gasteiger partial charge >= 0.3 is 5.97 Å². The van der Waals surface area contributed by atoms with Crippen molar-refractivity contribution in [1.82, 2.24) is 10.5 Å². The summed E-state index contributed by atoms with van der Waals surface area (Å²) < 4.78 is 5.17. The summed E-state index contributed by atoms with van der Waals surface area (Å²) in [6.45, 7) is 6.20. The summed E-state index contributed by atoms with van der Waals surface area (Å²) >= 11 is 0. The first-order valence-corrected chi connectivity index (χ1v) is 6.85. The van der Waals surface area contributed by atoms with Crippen molar-refractivity contribution >= 4 is 11.9 Å². The van der Waals surface area contributed by atoms with Crippen LogP contribution in [0.4, 0.5) is 0 Å². The van der Waals surface area contributed by atoms with E-state index in [1.807, 2.05) is 20.8 Å². The van der Waals surface area contributed by atoms with Gasteiger partial charge in [0.15, 0.2) is 5.69 Å². The smallest absolute Gasteiger partial charge is 0.335 e. The van der Waals surface area contributed by atoms with Crippen LogP contribution in [-0.2, 0) is 12.0 Å². The van der Waals surface area contributed by atoms with Gasteiger partial charge in [0.2, 0.25) is 0 Å². The molecule has 0 aliphatic carbocycles. The number of nitrogens with zero attached hydrogens (tertiary/aromatic N) is 1. The summed E-state index contributed by atoms with van der Waals surface area (Å²) in [7, 11) is 0. The number of rotatable bonds is 4. The lowest BCUT2D eigenvalue weighted by Crippen LogP contribution is -2.23. The Morgan fingerprint density at radius 1 is 1.23 bits per heavy atom. The number of carboxylic acids is 1. The summed E-state index contributed by atoms with van der Waals surface area (Å²) in [4.78, 5) is 22.8. The molecule has 2 aromatic rings. The molecule has 116 valence electrons. The van der Waals surface area contributed by atoms with Crippen molar-refractivity contribution in [3.8, 4) is 0 Å². The van der Waals surface area contributed by atoms with Crippen LogP contribution in [0, 0.1) is 0 Å². The Bertz CT molecular complexity index is 681. The number of benzene rings is 1. The molecule has 2 rings (SSSR count). The number of nitrogens with one attached hydrogen (secondary N) is 1. The molecule has 0 spiro atoms. The summed E-state index contributed by atoms with van der Waals surface area (Å²) in [6, 6.07) is 7.94. The van der Waals surface area contributed by atoms with Gasteiger partial charge in [-0.3, -0.25) is 4.79 Å². The van der Waals surface area contributed by atoms with E-state index in [-0.39, 0.29) is 29.1 Å². The van der Waals surface area contributed by atoms with Gasteiger partial charge in [0.1, 0.15) is 5.76 Å². The van der Waals surface area contributed by atoms with E-state index in [9.17, 15) is 9.59 Å². The van der Waals surface area contributed by atoms with Crippen molar-refractivity contribution in [3.05, 3.63) is 52.9 Å². The average Bonchev–Trinajstić information content (AvgIpc) is 2.95. The van der Waals surface area contributed by atoms with E-state index in [4.69, 9.17) is 9.63 Å². The fourth-order valence-corrected chi connectivity index (χ4v) is 1.77. The Morgan fingerprint density at radius 2 is 1.86 bits per heavy atom. The lowest BCUT2D eigenvalue weighted by molar-refractivity contribution is 0.0696. The van der Waals surface area contributed by atoms with Gasteiger partial charge < -0.3 is 14.9 Å². The van der Waals surface area contributed by atoms with E-state index in [1.165, 1.54) is 12.1 Å². The molecule has 0 unspecified atom stereocenters. The predicted octanol–water partition coefficient (Wildman–Crippen LogP) is 2.60. The molecule has 22 heavy (non-hydrogen) atoms. The average molecular weight is 302 g/mol. The molecule has 0 aliphatic rings. The molecule has 0 atom stereocenters. The molecule has 1 amide bonds. The molecule has 1 aromatic heterocycles. The monoisotopic (exact) mass is 302 g/mol. The summed E-state index contributed by atoms with van der Waals surface area (Å²) in [5.74, 6) is -0.669. The van der Waals surface area contributed by atoms with Crippen LogP contribution in [0.1, 0.15) is 52.9 Å². The van der Waals surface area contributed by atoms with E-state index < -0.39 is 5.97 Å². The van der Waals surface area contributed by atoms with Gasteiger partial charge in [0, 0.05) is 18.0 Å². The van der Waals surface area contributed by atoms with Crippen molar-refractivity contribution in [3.63, 3.8) is 0 Å². The van der Waals surface area contributed by atoms with Crippen molar-refractivity contribution in [1.29, 1.82) is 0 Å². The lowest BCUT2D eigenvalue weighted by atomic mass is 9.93. The van der Waals surface area contributed by atoms with Crippen LogP contribution in [0.15, 0.2) is 34.9 Å². The molecule has 1 heterocycles. The molecular weight excluding hydrogens is 284 g/mol. The fraction of sp³-hybridized carbons (Fsp3) is 0.312. The van der Waals surface area contributed by atoms with Crippen molar-refractivity contribution in [2.24, 2.45) is 0 Å². The highest BCUT2D eigenvalue weighted by molar-refractivity contribution is 5.92. The zero-order valence-electron chi connectivity index (χ0n) is 12.7. The summed E-state index contributed by atoms with van der Waals surface area (Å²) in [5, 5.41) is 15.3. The molecule has 0 aliphatic heterocycles. The van der Waals surface area contributed by atoms with Gasteiger partial charge in [-0.15, -0.1) is 0 Å². The Morgan fingerprint density at radius 3 is 2.36 bits per heavy atom. The minimum Gasteiger partial charge on any atom is -0.478 e. The van der Waals surface area contributed by atoms with Gasteiger partial charge in [-0.1, -0.05) is 38.1 Å². The maximum Gasteiger partial charge on any atom is 0.335 e. The van der Waals surface area contributed by atoms with Crippen LogP contribution in [0.3, 0.4) is 0 Å². The standard InChI is InChI=1S/C16H18N2O4/c1-16(2,3)13-8-12(18-22-13)14(19)17-9-10-4-6-11(7-5-10)15(20)21/h4-8H,9H2,1-3H3,(H,17,19)(H,20,21). The van der Waals surface area contributed by atoms with Crippen LogP contribution >= 0.6 is 0 Å². The highest BCUT2D eigenvalue weighted by Crippen LogP contribution is 2.22. The maximum absolute atomic E-state index is 12.0. The van der Waals surface area contributed by atoms with Crippen molar-refractivity contribution in [2.75, 3.05) is 0 Å². The van der Waals surface area contributed by atoms with E-state index >= 15 is 0 Å². The third-order valence-electron chi connectivity index (χ3n) is 3.14. The zero-order chi connectivity index (χ0) is 16.3. The third kappa shape index (κ3) is 3.72. The molecule has 2 N–H and O–H groups in total. The number of hydrogen-bond donors (Lipinski definition) is 2. The lowest BCUT2D eigenvalue weighted by Gasteiger charge is -2.12. The molecule has 6 nitrogen and oxygen atoms in total. The minimum absolute atomic E-state index is 0.210. The number of amides is 1. The van der Waals surface area contributed by atoms with E-state index in [0.29, 0.717) is 5.76 Å². The zero-order valence-corrected chi connectivity index (χ0v) is 12.7. The Kier molecular flexibility index (Phi) is 4.30. The molecule has 0 saturated carbocycles. The number of carbonyl (C=O) groups is 2. The van der Waals surface area contributed by atoms with Crippen molar-refractivity contribution < 1.29 is 19.2 Å². The molecule has 0 radical (unpaired) electrons. The number of aromatic nitrogens is 1. The third-order valence-corrected chi connectivity index (χ3v) is 3.14. The van der Waals surface area contributed by atoms with E-state index in [1.54, 1.807) is 18.2 Å². The Hall–Kier alpha value is -2.63. The molecule has 6 heteroatoms. The molecule has 0 bridgehead atoms. The second-order valence-electron chi connectivity index (χ2n) is 6.01. The SMILES string of the molecule is CC(C)(C)c1cc(C(=O)NCc2ccc(C(=O)O)cc2)no1. The molecule has 0 saturated heterocycles. The van der Waals surface area contributed by atoms with Gasteiger partial charge in [-0.2, -0.15) is 0 Å². The van der Waals surface area contributed by atoms with Gasteiger partial charge in [0.05, 0.1) is 5.56 Å². The van der Waals surface area contributed by atoms with Crippen LogP contribution < -0.4 is 5.32 Å². The van der Waals surface area contributed by atoms with Gasteiger partial charge in [-0.05, 0) is 17.7 Å². The predicted molar refractivity (Wildman–Crippen MR) is 79.8 cm³/mol. The first-order chi connectivity index (χ1) is 10.3. The minimum atomic E-state index is -0.979. The first-order valence-electron chi connectivity index (χ1n) is 6.85. The fourth-order valence-electron chi connectivity index (χ4n) is 1.77. The second-order valence-corrected chi connectivity index (χ2v) is 6.01. The van der Waals surface area contributed by atoms with Gasteiger partial charge in [0.25, 0.3) is 5.91 Å². The molecule has 0 fully saturated rings. The summed E-state index contributed by atoms with van der Waals surface area (Å²) in [6.07, 6.45) is 0. The number of hydrogen-bond acceptors (Lipinski definition) is 4. The number of carbonyl (C=O) groups excluding carboxylic acids is 1. The second kappa shape index (κ2) is 6.01. The largest absolute Gasteiger partial charge is 0.478 e. The highest BCUT2D eigenvalue weighted by Gasteiger charge is 2.21. The van der Waals surface area contributed by atoms with Crippen LogP contribution in [0.2, 0.25) is 0 Å². The highest BCUT2D eigenvalue weighted by atomic mass is 16.5.